The van der Waals surface area contributed by atoms with Crippen LogP contribution in [-0.2, 0) is 17.6 Å². The molecule has 2 aromatic heterocycles. The number of carbonyl (C=O) groups is 1. The molecule has 182 valence electrons. The van der Waals surface area contributed by atoms with Crippen molar-refractivity contribution in [3.8, 4) is 34.8 Å². The van der Waals surface area contributed by atoms with E-state index in [2.05, 4.69) is 21.2 Å². The molecule has 1 amide bonds. The number of benzene rings is 1. The van der Waals surface area contributed by atoms with Gasteiger partial charge < -0.3 is 25.0 Å². The second-order valence-electron chi connectivity index (χ2n) is 8.85. The molecule has 0 unspecified atom stereocenters. The van der Waals surface area contributed by atoms with Crippen LogP contribution in [0.1, 0.15) is 37.5 Å². The van der Waals surface area contributed by atoms with Crippen molar-refractivity contribution in [1.29, 1.82) is 5.26 Å². The summed E-state index contributed by atoms with van der Waals surface area (Å²) >= 11 is 0. The maximum absolute atomic E-state index is 12.6. The molecule has 35 heavy (non-hydrogen) atoms. The monoisotopic (exact) mass is 476 g/mol. The van der Waals surface area contributed by atoms with Gasteiger partial charge in [-0.25, -0.2) is 4.98 Å². The van der Waals surface area contributed by atoms with Crippen LogP contribution in [0.15, 0.2) is 35.0 Å². The number of amides is 1. The Balaban J connectivity index is 1.53. The third-order valence-electron chi connectivity index (χ3n) is 5.88. The summed E-state index contributed by atoms with van der Waals surface area (Å²) in [6.07, 6.45) is 1.88. The van der Waals surface area contributed by atoms with E-state index in [0.29, 0.717) is 37.3 Å². The molecule has 1 aliphatic rings. The first-order chi connectivity index (χ1) is 16.8. The van der Waals surface area contributed by atoms with Crippen LogP contribution in [-0.4, -0.2) is 62.4 Å². The van der Waals surface area contributed by atoms with E-state index in [1.807, 2.05) is 32.0 Å². The second-order valence-corrected chi connectivity index (χ2v) is 8.85. The molecule has 0 fully saturated rings. The van der Waals surface area contributed by atoms with E-state index < -0.39 is 12.1 Å². The van der Waals surface area contributed by atoms with Gasteiger partial charge in [-0.15, -0.1) is 0 Å². The van der Waals surface area contributed by atoms with Crippen LogP contribution >= 0.6 is 0 Å². The number of fused-ring (bicyclic) bond motifs is 1. The number of aliphatic hydroxyl groups is 1. The minimum Gasteiger partial charge on any atom is -0.474 e. The molecule has 0 bridgehead atoms. The third kappa shape index (κ3) is 5.31. The Morgan fingerprint density at radius 2 is 1.94 bits per heavy atom. The van der Waals surface area contributed by atoms with Gasteiger partial charge in [0.25, 0.3) is 5.89 Å². The minimum atomic E-state index is -0.924. The molecule has 10 heteroatoms. The zero-order valence-electron chi connectivity index (χ0n) is 19.9. The standard InChI is InChI=1S/C25H28N6O4/c1-14(2)34-23-19(12-26)11-20(13-28-23)24-29-22(30-35-24)18-5-4-16-6-8-31(9-7-17(16)10-18)25(33)21(27)15(3)32/h4-5,10-11,13-15,21,32H,6-9,27H2,1-3H3/t15-,21+/m0/s1. The van der Waals surface area contributed by atoms with E-state index in [1.165, 1.54) is 13.1 Å². The molecule has 0 aliphatic carbocycles. The molecule has 1 aliphatic heterocycles. The molecule has 10 nitrogen and oxygen atoms in total. The largest absolute Gasteiger partial charge is 0.474 e. The predicted molar refractivity (Wildman–Crippen MR) is 127 cm³/mol. The zero-order chi connectivity index (χ0) is 25.1. The predicted octanol–water partition coefficient (Wildman–Crippen LogP) is 2.09. The number of rotatable bonds is 6. The van der Waals surface area contributed by atoms with Crippen LogP contribution in [0.4, 0.5) is 0 Å². The highest BCUT2D eigenvalue weighted by Gasteiger charge is 2.26. The Hall–Kier alpha value is -3.81. The maximum Gasteiger partial charge on any atom is 0.259 e. The molecule has 0 spiro atoms. The van der Waals surface area contributed by atoms with Crippen LogP contribution in [0.3, 0.4) is 0 Å². The van der Waals surface area contributed by atoms with Crippen LogP contribution in [0.5, 0.6) is 5.88 Å². The average Bonchev–Trinajstić information content (AvgIpc) is 3.24. The van der Waals surface area contributed by atoms with Gasteiger partial charge in [0.05, 0.1) is 17.8 Å². The molecule has 0 saturated heterocycles. The molecule has 3 N–H and O–H groups in total. The number of pyridine rings is 1. The lowest BCUT2D eigenvalue weighted by atomic mass is 10.00. The molecular formula is C25H28N6O4. The van der Waals surface area contributed by atoms with Gasteiger partial charge in [-0.2, -0.15) is 10.2 Å². The first-order valence-electron chi connectivity index (χ1n) is 11.5. The highest BCUT2D eigenvalue weighted by Crippen LogP contribution is 2.28. The molecule has 0 radical (unpaired) electrons. The van der Waals surface area contributed by atoms with Gasteiger partial charge in [-0.1, -0.05) is 17.3 Å². The first-order valence-corrected chi connectivity index (χ1v) is 11.5. The average molecular weight is 477 g/mol. The first kappa shape index (κ1) is 24.3. The van der Waals surface area contributed by atoms with Gasteiger partial charge in [-0.05, 0) is 56.9 Å². The molecule has 0 saturated carbocycles. The van der Waals surface area contributed by atoms with Crippen molar-refractivity contribution >= 4 is 5.91 Å². The van der Waals surface area contributed by atoms with Gasteiger partial charge in [-0.3, -0.25) is 4.79 Å². The lowest BCUT2D eigenvalue weighted by Crippen LogP contribution is -2.49. The highest BCUT2D eigenvalue weighted by atomic mass is 16.5. The summed E-state index contributed by atoms with van der Waals surface area (Å²) in [5.74, 6) is 0.681. The fourth-order valence-electron chi connectivity index (χ4n) is 3.93. The SMILES string of the molecule is CC(C)Oc1ncc(-c2nc(-c3ccc4c(c3)CCN(C(=O)[C@H](N)[C@H](C)O)CC4)no2)cc1C#N. The molecule has 4 rings (SSSR count). The summed E-state index contributed by atoms with van der Waals surface area (Å²) in [6.45, 7) is 6.30. The second kappa shape index (κ2) is 10.2. The van der Waals surface area contributed by atoms with E-state index in [9.17, 15) is 15.2 Å². The minimum absolute atomic E-state index is 0.108. The Labute approximate surface area is 203 Å². The number of aromatic nitrogens is 3. The van der Waals surface area contributed by atoms with Crippen molar-refractivity contribution in [2.45, 2.75) is 51.9 Å². The molecule has 2 atom stereocenters. The van der Waals surface area contributed by atoms with Gasteiger partial charge in [0, 0.05) is 24.8 Å². The van der Waals surface area contributed by atoms with Gasteiger partial charge in [0.1, 0.15) is 17.7 Å². The lowest BCUT2D eigenvalue weighted by molar-refractivity contribution is -0.134. The smallest absolute Gasteiger partial charge is 0.259 e. The summed E-state index contributed by atoms with van der Waals surface area (Å²) in [4.78, 5) is 23.0. The number of aliphatic hydroxyl groups excluding tert-OH is 1. The highest BCUT2D eigenvalue weighted by molar-refractivity contribution is 5.82. The Morgan fingerprint density at radius 3 is 2.63 bits per heavy atom. The fourth-order valence-corrected chi connectivity index (χ4v) is 3.93. The Kier molecular flexibility index (Phi) is 7.10. The summed E-state index contributed by atoms with van der Waals surface area (Å²) in [5.41, 5.74) is 9.68. The molecule has 1 aromatic carbocycles. The Morgan fingerprint density at radius 1 is 1.20 bits per heavy atom. The maximum atomic E-state index is 12.6. The van der Waals surface area contributed by atoms with Crippen molar-refractivity contribution in [3.63, 3.8) is 0 Å². The number of nitrogens with two attached hydrogens (primary N) is 1. The van der Waals surface area contributed by atoms with Gasteiger partial charge in [0.2, 0.25) is 17.6 Å². The summed E-state index contributed by atoms with van der Waals surface area (Å²) in [7, 11) is 0. The normalized spacial score (nSPS) is 15.2. The van der Waals surface area contributed by atoms with Crippen molar-refractivity contribution in [2.24, 2.45) is 5.73 Å². The van der Waals surface area contributed by atoms with Crippen molar-refractivity contribution in [3.05, 3.63) is 47.2 Å². The van der Waals surface area contributed by atoms with Crippen molar-refractivity contribution in [1.82, 2.24) is 20.0 Å². The third-order valence-corrected chi connectivity index (χ3v) is 5.88. The number of nitrogens with zero attached hydrogens (tertiary/aromatic N) is 5. The van der Waals surface area contributed by atoms with Gasteiger partial charge >= 0.3 is 0 Å². The number of nitriles is 1. The zero-order valence-corrected chi connectivity index (χ0v) is 19.9. The number of hydrogen-bond acceptors (Lipinski definition) is 9. The van der Waals surface area contributed by atoms with Crippen LogP contribution in [0, 0.1) is 11.3 Å². The Bertz CT molecular complexity index is 1260. The van der Waals surface area contributed by atoms with E-state index >= 15 is 0 Å². The number of hydrogen-bond donors (Lipinski definition) is 2. The summed E-state index contributed by atoms with van der Waals surface area (Å²) < 4.78 is 11.0. The van der Waals surface area contributed by atoms with Crippen molar-refractivity contribution in [2.75, 3.05) is 13.1 Å². The fraction of sp³-hybridized carbons (Fsp3) is 0.400. The van der Waals surface area contributed by atoms with Crippen LogP contribution < -0.4 is 10.5 Å². The van der Waals surface area contributed by atoms with Crippen LogP contribution in [0.25, 0.3) is 22.8 Å². The summed E-state index contributed by atoms with van der Waals surface area (Å²) in [6, 6.07) is 8.71. The molecule has 3 aromatic rings. The van der Waals surface area contributed by atoms with E-state index in [1.54, 1.807) is 11.0 Å². The molecule has 3 heterocycles. The van der Waals surface area contributed by atoms with E-state index in [4.69, 9.17) is 15.0 Å². The van der Waals surface area contributed by atoms with Crippen LogP contribution in [0.2, 0.25) is 0 Å². The quantitative estimate of drug-likeness (QED) is 0.545. The van der Waals surface area contributed by atoms with E-state index in [-0.39, 0.29) is 29.3 Å². The topological polar surface area (TPSA) is 151 Å². The lowest BCUT2D eigenvalue weighted by Gasteiger charge is -2.25. The summed E-state index contributed by atoms with van der Waals surface area (Å²) in [5, 5.41) is 23.2. The van der Waals surface area contributed by atoms with E-state index in [0.717, 1.165) is 16.7 Å². The number of ether oxygens (including phenoxy) is 1. The van der Waals surface area contributed by atoms with Gasteiger partial charge in [0.15, 0.2) is 0 Å². The molecular weight excluding hydrogens is 448 g/mol. The number of carbonyl (C=O) groups excluding carboxylic acids is 1. The van der Waals surface area contributed by atoms with Crippen molar-refractivity contribution < 1.29 is 19.2 Å².